The second-order valence-electron chi connectivity index (χ2n) is 6.24. The normalized spacial score (nSPS) is 16.8. The molecule has 1 amide bonds. The van der Waals surface area contributed by atoms with Crippen molar-refractivity contribution in [1.82, 2.24) is 5.32 Å². The Kier molecular flexibility index (Phi) is 5.03. The van der Waals surface area contributed by atoms with Crippen LogP contribution in [0.15, 0.2) is 60.8 Å². The molecule has 1 aliphatic heterocycles. The van der Waals surface area contributed by atoms with Gasteiger partial charge in [0.15, 0.2) is 0 Å². The van der Waals surface area contributed by atoms with E-state index in [2.05, 4.69) is 11.9 Å². The zero-order valence-corrected chi connectivity index (χ0v) is 14.2. The third-order valence-corrected chi connectivity index (χ3v) is 4.02. The molecular formula is C20H21FN2O2. The molecule has 1 saturated heterocycles. The van der Waals surface area contributed by atoms with Crippen molar-refractivity contribution in [2.45, 2.75) is 26.0 Å². The number of nitrogens with one attached hydrogen (secondary N) is 1. The van der Waals surface area contributed by atoms with Crippen molar-refractivity contribution < 1.29 is 13.9 Å². The molecule has 0 radical (unpaired) electrons. The number of benzene rings is 2. The van der Waals surface area contributed by atoms with E-state index in [-0.39, 0.29) is 17.8 Å². The SMILES string of the molecule is C=C(C)NC1CC(=O)N(c2ccc(OCc3cccc(F)c3)cc2)C1. The maximum Gasteiger partial charge on any atom is 0.229 e. The Labute approximate surface area is 146 Å². The Hall–Kier alpha value is -2.82. The van der Waals surface area contributed by atoms with Crippen molar-refractivity contribution in [3.8, 4) is 5.75 Å². The summed E-state index contributed by atoms with van der Waals surface area (Å²) in [5.74, 6) is 0.491. The van der Waals surface area contributed by atoms with Gasteiger partial charge in [-0.25, -0.2) is 4.39 Å². The average Bonchev–Trinajstić information content (AvgIpc) is 2.93. The number of anilines is 1. The molecule has 0 saturated carbocycles. The van der Waals surface area contributed by atoms with Gasteiger partial charge >= 0.3 is 0 Å². The lowest BCUT2D eigenvalue weighted by atomic mass is 10.2. The number of ether oxygens (including phenoxy) is 1. The van der Waals surface area contributed by atoms with Gasteiger partial charge in [0.1, 0.15) is 18.2 Å². The van der Waals surface area contributed by atoms with Crippen molar-refractivity contribution in [2.75, 3.05) is 11.4 Å². The third-order valence-electron chi connectivity index (χ3n) is 4.02. The highest BCUT2D eigenvalue weighted by Gasteiger charge is 2.30. The number of nitrogens with zero attached hydrogens (tertiary/aromatic N) is 1. The van der Waals surface area contributed by atoms with Crippen LogP contribution in [0.1, 0.15) is 18.9 Å². The van der Waals surface area contributed by atoms with Gasteiger partial charge in [-0.05, 0) is 48.9 Å². The molecule has 5 heteroatoms. The molecule has 1 N–H and O–H groups in total. The first kappa shape index (κ1) is 17.0. The van der Waals surface area contributed by atoms with E-state index in [9.17, 15) is 9.18 Å². The molecule has 1 atom stereocenters. The number of hydrogen-bond donors (Lipinski definition) is 1. The van der Waals surface area contributed by atoms with Crippen LogP contribution in [0, 0.1) is 5.82 Å². The summed E-state index contributed by atoms with van der Waals surface area (Å²) in [6.45, 7) is 6.63. The van der Waals surface area contributed by atoms with E-state index in [1.54, 1.807) is 11.0 Å². The number of carbonyl (C=O) groups excluding carboxylic acids is 1. The predicted octanol–water partition coefficient (Wildman–Crippen LogP) is 3.63. The molecule has 3 rings (SSSR count). The van der Waals surface area contributed by atoms with Gasteiger partial charge < -0.3 is 15.0 Å². The Balaban J connectivity index is 1.60. The van der Waals surface area contributed by atoms with E-state index in [0.717, 1.165) is 16.9 Å². The van der Waals surface area contributed by atoms with Crippen LogP contribution in [0.3, 0.4) is 0 Å². The number of carbonyl (C=O) groups is 1. The van der Waals surface area contributed by atoms with Crippen LogP contribution < -0.4 is 15.0 Å². The summed E-state index contributed by atoms with van der Waals surface area (Å²) in [7, 11) is 0. The summed E-state index contributed by atoms with van der Waals surface area (Å²) in [5, 5.41) is 3.21. The summed E-state index contributed by atoms with van der Waals surface area (Å²) < 4.78 is 18.8. The van der Waals surface area contributed by atoms with Gasteiger partial charge in [-0.15, -0.1) is 0 Å². The minimum atomic E-state index is -0.276. The summed E-state index contributed by atoms with van der Waals surface area (Å²) in [6, 6.07) is 13.8. The van der Waals surface area contributed by atoms with Gasteiger partial charge in [-0.3, -0.25) is 4.79 Å². The average molecular weight is 340 g/mol. The van der Waals surface area contributed by atoms with Crippen LogP contribution in [-0.2, 0) is 11.4 Å². The molecule has 1 heterocycles. The van der Waals surface area contributed by atoms with Crippen molar-refractivity contribution >= 4 is 11.6 Å². The van der Waals surface area contributed by atoms with Gasteiger partial charge in [-0.1, -0.05) is 18.7 Å². The zero-order valence-electron chi connectivity index (χ0n) is 14.2. The largest absolute Gasteiger partial charge is 0.489 e. The van der Waals surface area contributed by atoms with Crippen LogP contribution in [0.2, 0.25) is 0 Å². The van der Waals surface area contributed by atoms with E-state index in [1.165, 1.54) is 12.1 Å². The molecule has 0 aliphatic carbocycles. The first-order valence-corrected chi connectivity index (χ1v) is 8.21. The van der Waals surface area contributed by atoms with Crippen LogP contribution in [0.4, 0.5) is 10.1 Å². The van der Waals surface area contributed by atoms with Crippen molar-refractivity contribution in [2.24, 2.45) is 0 Å². The standard InChI is InChI=1S/C20H21FN2O2/c1-14(2)22-17-11-20(24)23(12-17)18-6-8-19(9-7-18)25-13-15-4-3-5-16(21)10-15/h3-10,17,22H,1,11-13H2,2H3. The van der Waals surface area contributed by atoms with E-state index in [0.29, 0.717) is 25.3 Å². The number of hydrogen-bond acceptors (Lipinski definition) is 3. The first-order chi connectivity index (χ1) is 12.0. The van der Waals surface area contributed by atoms with E-state index < -0.39 is 0 Å². The molecule has 0 bridgehead atoms. The van der Waals surface area contributed by atoms with Gasteiger partial charge in [0.05, 0.1) is 6.04 Å². The number of allylic oxidation sites excluding steroid dienone is 1. The van der Waals surface area contributed by atoms with E-state index in [1.807, 2.05) is 37.3 Å². The maximum absolute atomic E-state index is 13.2. The van der Waals surface area contributed by atoms with Crippen molar-refractivity contribution in [3.05, 3.63) is 72.2 Å². The highest BCUT2D eigenvalue weighted by Crippen LogP contribution is 2.25. The van der Waals surface area contributed by atoms with Gasteiger partial charge in [-0.2, -0.15) is 0 Å². The topological polar surface area (TPSA) is 41.6 Å². The Morgan fingerprint density at radius 2 is 2.08 bits per heavy atom. The molecule has 25 heavy (non-hydrogen) atoms. The van der Waals surface area contributed by atoms with Gasteiger partial charge in [0.25, 0.3) is 0 Å². The summed E-state index contributed by atoms with van der Waals surface area (Å²) in [6.07, 6.45) is 0.463. The number of halogens is 1. The Bertz CT molecular complexity index is 774. The first-order valence-electron chi connectivity index (χ1n) is 8.21. The summed E-state index contributed by atoms with van der Waals surface area (Å²) in [4.78, 5) is 13.9. The van der Waals surface area contributed by atoms with Crippen LogP contribution in [0.5, 0.6) is 5.75 Å². The number of rotatable bonds is 6. The van der Waals surface area contributed by atoms with Crippen LogP contribution >= 0.6 is 0 Å². The fraction of sp³-hybridized carbons (Fsp3) is 0.250. The lowest BCUT2D eigenvalue weighted by Gasteiger charge is -2.18. The smallest absolute Gasteiger partial charge is 0.229 e. The highest BCUT2D eigenvalue weighted by molar-refractivity contribution is 5.96. The quantitative estimate of drug-likeness (QED) is 0.873. The molecule has 2 aromatic rings. The summed E-state index contributed by atoms with van der Waals surface area (Å²) >= 11 is 0. The number of amides is 1. The molecule has 0 spiro atoms. The second-order valence-corrected chi connectivity index (χ2v) is 6.24. The van der Waals surface area contributed by atoms with Crippen molar-refractivity contribution in [3.63, 3.8) is 0 Å². The second kappa shape index (κ2) is 7.38. The van der Waals surface area contributed by atoms with E-state index in [4.69, 9.17) is 4.74 Å². The molecule has 1 unspecified atom stereocenters. The molecule has 1 fully saturated rings. The molecule has 0 aromatic heterocycles. The van der Waals surface area contributed by atoms with Crippen LogP contribution in [-0.4, -0.2) is 18.5 Å². The minimum Gasteiger partial charge on any atom is -0.489 e. The Morgan fingerprint density at radius 3 is 2.76 bits per heavy atom. The van der Waals surface area contributed by atoms with Gasteiger partial charge in [0.2, 0.25) is 5.91 Å². The molecular weight excluding hydrogens is 319 g/mol. The third kappa shape index (κ3) is 4.38. The lowest BCUT2D eigenvalue weighted by Crippen LogP contribution is -2.31. The zero-order chi connectivity index (χ0) is 17.8. The van der Waals surface area contributed by atoms with Crippen LogP contribution in [0.25, 0.3) is 0 Å². The van der Waals surface area contributed by atoms with Crippen molar-refractivity contribution in [1.29, 1.82) is 0 Å². The monoisotopic (exact) mass is 340 g/mol. The fourth-order valence-corrected chi connectivity index (χ4v) is 2.92. The molecule has 2 aromatic carbocycles. The molecule has 130 valence electrons. The summed E-state index contributed by atoms with van der Waals surface area (Å²) in [5.41, 5.74) is 2.47. The maximum atomic E-state index is 13.2. The predicted molar refractivity (Wildman–Crippen MR) is 95.9 cm³/mol. The lowest BCUT2D eigenvalue weighted by molar-refractivity contribution is -0.117. The van der Waals surface area contributed by atoms with E-state index >= 15 is 0 Å². The fourth-order valence-electron chi connectivity index (χ4n) is 2.92. The Morgan fingerprint density at radius 1 is 1.32 bits per heavy atom. The molecule has 1 aliphatic rings. The minimum absolute atomic E-state index is 0.0900. The van der Waals surface area contributed by atoms with Gasteiger partial charge in [0, 0.05) is 24.4 Å². The molecule has 4 nitrogen and oxygen atoms in total. The highest BCUT2D eigenvalue weighted by atomic mass is 19.1.